The molecule has 1 rings (SSSR count). The van der Waals surface area contributed by atoms with Crippen LogP contribution >= 0.6 is 34.8 Å². The highest BCUT2D eigenvalue weighted by atomic mass is 35.5. The van der Waals surface area contributed by atoms with E-state index in [-0.39, 0.29) is 15.3 Å². The maximum Gasteiger partial charge on any atom is 0.126 e. The first-order valence-corrected chi connectivity index (χ1v) is 4.25. The van der Waals surface area contributed by atoms with Gasteiger partial charge in [0.15, 0.2) is 0 Å². The van der Waals surface area contributed by atoms with E-state index in [1.165, 1.54) is 6.07 Å². The van der Waals surface area contributed by atoms with E-state index in [1.807, 2.05) is 0 Å². The van der Waals surface area contributed by atoms with E-state index >= 15 is 0 Å². The third kappa shape index (κ3) is 2.07. The fourth-order valence-corrected chi connectivity index (χ4v) is 1.12. The monoisotopic (exact) mass is 222 g/mol. The number of hydrogen-bond donors (Lipinski definition) is 1. The molecule has 0 radical (unpaired) electrons. The highest BCUT2D eigenvalue weighted by Gasteiger charge is 2.06. The molecule has 1 aromatic rings. The largest absolute Gasteiger partial charge is 0.507 e. The second kappa shape index (κ2) is 4.04. The van der Waals surface area contributed by atoms with Crippen molar-refractivity contribution in [2.45, 2.75) is 0 Å². The molecule has 0 atom stereocenters. The number of halogens is 3. The standard InChI is InChI=1S/C8H5Cl3O/c9-7(8(10)11)5-3-1-2-4-6(5)12/h1-4,12H. The van der Waals surface area contributed by atoms with E-state index in [9.17, 15) is 5.11 Å². The van der Waals surface area contributed by atoms with Crippen LogP contribution in [0.25, 0.3) is 5.03 Å². The zero-order valence-corrected chi connectivity index (χ0v) is 8.16. The number of phenols is 1. The zero-order chi connectivity index (χ0) is 9.14. The lowest BCUT2D eigenvalue weighted by molar-refractivity contribution is 0.474. The van der Waals surface area contributed by atoms with Crippen LogP contribution in [0.1, 0.15) is 5.56 Å². The fourth-order valence-electron chi connectivity index (χ4n) is 0.761. The van der Waals surface area contributed by atoms with Crippen molar-refractivity contribution in [3.05, 3.63) is 34.3 Å². The normalized spacial score (nSPS) is 9.58. The second-order valence-electron chi connectivity index (χ2n) is 2.09. The van der Waals surface area contributed by atoms with Crippen LogP contribution in [0, 0.1) is 0 Å². The van der Waals surface area contributed by atoms with Crippen LogP contribution in [-0.2, 0) is 0 Å². The molecule has 0 aromatic heterocycles. The van der Waals surface area contributed by atoms with Gasteiger partial charge in [-0.3, -0.25) is 0 Å². The van der Waals surface area contributed by atoms with Crippen LogP contribution in [0.4, 0.5) is 0 Å². The number of para-hydroxylation sites is 1. The first-order chi connectivity index (χ1) is 5.63. The van der Waals surface area contributed by atoms with Crippen LogP contribution in [0.15, 0.2) is 28.8 Å². The summed E-state index contributed by atoms with van der Waals surface area (Å²) in [4.78, 5) is 0. The molecule has 0 spiro atoms. The van der Waals surface area contributed by atoms with Crippen molar-refractivity contribution in [3.63, 3.8) is 0 Å². The summed E-state index contributed by atoms with van der Waals surface area (Å²) in [7, 11) is 0. The molecule has 0 saturated carbocycles. The van der Waals surface area contributed by atoms with Gasteiger partial charge in [0, 0.05) is 5.56 Å². The number of phenolic OH excluding ortho intramolecular Hbond substituents is 1. The van der Waals surface area contributed by atoms with E-state index in [4.69, 9.17) is 34.8 Å². The van der Waals surface area contributed by atoms with E-state index in [0.717, 1.165) is 0 Å². The van der Waals surface area contributed by atoms with Gasteiger partial charge in [0.05, 0.1) is 5.03 Å². The molecule has 1 aromatic carbocycles. The lowest BCUT2D eigenvalue weighted by atomic mass is 10.2. The van der Waals surface area contributed by atoms with Crippen molar-refractivity contribution in [2.75, 3.05) is 0 Å². The second-order valence-corrected chi connectivity index (χ2v) is 3.42. The highest BCUT2D eigenvalue weighted by Crippen LogP contribution is 2.32. The van der Waals surface area contributed by atoms with Crippen molar-refractivity contribution in [1.29, 1.82) is 0 Å². The molecule has 12 heavy (non-hydrogen) atoms. The smallest absolute Gasteiger partial charge is 0.126 e. The van der Waals surface area contributed by atoms with Gasteiger partial charge in [0.2, 0.25) is 0 Å². The minimum absolute atomic E-state index is 0.0568. The van der Waals surface area contributed by atoms with E-state index in [1.54, 1.807) is 18.2 Å². The topological polar surface area (TPSA) is 20.2 Å². The van der Waals surface area contributed by atoms with Gasteiger partial charge < -0.3 is 5.11 Å². The summed E-state index contributed by atoms with van der Waals surface area (Å²) in [5, 5.41) is 9.44. The van der Waals surface area contributed by atoms with Gasteiger partial charge in [-0.25, -0.2) is 0 Å². The van der Waals surface area contributed by atoms with Gasteiger partial charge >= 0.3 is 0 Å². The molecule has 1 nitrogen and oxygen atoms in total. The fraction of sp³-hybridized carbons (Fsp3) is 0. The SMILES string of the molecule is Oc1ccccc1C(Cl)=C(Cl)Cl. The molecular weight excluding hydrogens is 218 g/mol. The molecule has 0 aliphatic heterocycles. The summed E-state index contributed by atoms with van der Waals surface area (Å²) < 4.78 is -0.0573. The lowest BCUT2D eigenvalue weighted by Crippen LogP contribution is -1.78. The average molecular weight is 223 g/mol. The zero-order valence-electron chi connectivity index (χ0n) is 5.89. The Morgan fingerprint density at radius 3 is 2.17 bits per heavy atom. The first kappa shape index (κ1) is 9.72. The molecule has 0 fully saturated rings. The Morgan fingerprint density at radius 1 is 1.08 bits per heavy atom. The third-order valence-electron chi connectivity index (χ3n) is 1.31. The number of benzene rings is 1. The Morgan fingerprint density at radius 2 is 1.67 bits per heavy atom. The first-order valence-electron chi connectivity index (χ1n) is 3.12. The van der Waals surface area contributed by atoms with Gasteiger partial charge in [-0.15, -0.1) is 0 Å². The van der Waals surface area contributed by atoms with Gasteiger partial charge in [-0.2, -0.15) is 0 Å². The molecule has 64 valence electrons. The molecule has 0 bridgehead atoms. The maximum absolute atomic E-state index is 9.29. The highest BCUT2D eigenvalue weighted by molar-refractivity contribution is 6.66. The van der Waals surface area contributed by atoms with Crippen molar-refractivity contribution >= 4 is 39.8 Å². The quantitative estimate of drug-likeness (QED) is 0.769. The van der Waals surface area contributed by atoms with Crippen molar-refractivity contribution in [3.8, 4) is 5.75 Å². The van der Waals surface area contributed by atoms with Gasteiger partial charge in [-0.1, -0.05) is 46.9 Å². The molecule has 0 aliphatic carbocycles. The summed E-state index contributed by atoms with van der Waals surface area (Å²) in [5.74, 6) is 0.0568. The molecular formula is C8H5Cl3O. The molecule has 4 heteroatoms. The minimum Gasteiger partial charge on any atom is -0.507 e. The molecule has 0 heterocycles. The number of aromatic hydroxyl groups is 1. The van der Waals surface area contributed by atoms with Crippen molar-refractivity contribution < 1.29 is 5.11 Å². The van der Waals surface area contributed by atoms with Crippen LogP contribution in [0.2, 0.25) is 0 Å². The van der Waals surface area contributed by atoms with Crippen molar-refractivity contribution in [1.82, 2.24) is 0 Å². The summed E-state index contributed by atoms with van der Waals surface area (Å²) in [6.45, 7) is 0. The Bertz CT molecular complexity index is 316. The average Bonchev–Trinajstić information content (AvgIpc) is 2.04. The van der Waals surface area contributed by atoms with Gasteiger partial charge in [0.25, 0.3) is 0 Å². The predicted octanol–water partition coefficient (Wildman–Crippen LogP) is 3.73. The number of rotatable bonds is 1. The summed E-state index contributed by atoms with van der Waals surface area (Å²) in [5.41, 5.74) is 0.430. The van der Waals surface area contributed by atoms with Crippen LogP contribution in [-0.4, -0.2) is 5.11 Å². The summed E-state index contributed by atoms with van der Waals surface area (Å²) in [6.07, 6.45) is 0. The maximum atomic E-state index is 9.29. The van der Waals surface area contributed by atoms with Gasteiger partial charge in [0.1, 0.15) is 10.2 Å². The molecule has 1 N–H and O–H groups in total. The van der Waals surface area contributed by atoms with E-state index in [2.05, 4.69) is 0 Å². The number of hydrogen-bond acceptors (Lipinski definition) is 1. The van der Waals surface area contributed by atoms with Crippen LogP contribution in [0.3, 0.4) is 0 Å². The summed E-state index contributed by atoms with van der Waals surface area (Å²) >= 11 is 16.6. The molecule has 0 amide bonds. The van der Waals surface area contributed by atoms with Crippen LogP contribution in [0.5, 0.6) is 5.75 Å². The van der Waals surface area contributed by atoms with Crippen LogP contribution < -0.4 is 0 Å². The Labute approximate surface area is 85.2 Å². The predicted molar refractivity (Wildman–Crippen MR) is 52.6 cm³/mol. The van der Waals surface area contributed by atoms with E-state index in [0.29, 0.717) is 5.56 Å². The Balaban J connectivity index is 3.21. The molecule has 0 saturated heterocycles. The van der Waals surface area contributed by atoms with E-state index < -0.39 is 0 Å². The molecule has 0 aliphatic rings. The summed E-state index contributed by atoms with van der Waals surface area (Å²) in [6, 6.07) is 6.55. The minimum atomic E-state index is -0.0573. The molecule has 0 unspecified atom stereocenters. The third-order valence-corrected chi connectivity index (χ3v) is 2.27. The Hall–Kier alpha value is -0.370. The van der Waals surface area contributed by atoms with Gasteiger partial charge in [-0.05, 0) is 12.1 Å². The van der Waals surface area contributed by atoms with Crippen molar-refractivity contribution in [2.24, 2.45) is 0 Å². The Kier molecular flexibility index (Phi) is 3.27. The lowest BCUT2D eigenvalue weighted by Gasteiger charge is -2.01.